The molecule has 6 nitrogen and oxygen atoms in total. The minimum absolute atomic E-state index is 0.134. The van der Waals surface area contributed by atoms with Gasteiger partial charge in [0.25, 0.3) is 5.91 Å². The first kappa shape index (κ1) is 14.0. The summed E-state index contributed by atoms with van der Waals surface area (Å²) in [6.45, 7) is 1.76. The van der Waals surface area contributed by atoms with E-state index in [1.807, 2.05) is 30.3 Å². The molecule has 6 heteroatoms. The number of fused-ring (bicyclic) bond motifs is 1. The lowest BCUT2D eigenvalue weighted by Crippen LogP contribution is -2.44. The van der Waals surface area contributed by atoms with Crippen LogP contribution in [0.3, 0.4) is 0 Å². The highest BCUT2D eigenvalue weighted by atomic mass is 16.5. The van der Waals surface area contributed by atoms with Gasteiger partial charge < -0.3 is 14.8 Å². The second-order valence-corrected chi connectivity index (χ2v) is 6.15. The molecule has 1 saturated carbocycles. The quantitative estimate of drug-likeness (QED) is 0.778. The van der Waals surface area contributed by atoms with Crippen molar-refractivity contribution >= 4 is 16.8 Å². The highest BCUT2D eigenvalue weighted by molar-refractivity contribution is 5.98. The molecule has 0 bridgehead atoms. The van der Waals surface area contributed by atoms with Gasteiger partial charge in [0.05, 0.1) is 0 Å². The predicted molar refractivity (Wildman–Crippen MR) is 84.9 cm³/mol. The van der Waals surface area contributed by atoms with Gasteiger partial charge in [-0.25, -0.2) is 0 Å². The average Bonchev–Trinajstić information content (AvgIpc) is 3.25. The molecular formula is C17H18N4O2. The number of hydrogen-bond acceptors (Lipinski definition) is 4. The van der Waals surface area contributed by atoms with Gasteiger partial charge in [-0.3, -0.25) is 4.79 Å². The van der Waals surface area contributed by atoms with Crippen molar-refractivity contribution < 1.29 is 9.32 Å². The first-order valence-electron chi connectivity index (χ1n) is 7.87. The Hall–Kier alpha value is -2.63. The van der Waals surface area contributed by atoms with Gasteiger partial charge in [-0.1, -0.05) is 36.2 Å². The Morgan fingerprint density at radius 1 is 1.30 bits per heavy atom. The van der Waals surface area contributed by atoms with Crippen LogP contribution in [0.1, 0.15) is 47.9 Å². The standard InChI is InChI=1S/C17H18N4O2/c1-11-18-16(21-23-11)17(8-4-5-9-17)20-15(22)14-10-12-6-2-3-7-13(12)19-14/h2-3,6-7,10,19H,4-5,8-9H2,1H3,(H,20,22). The summed E-state index contributed by atoms with van der Waals surface area (Å²) in [5.74, 6) is 0.966. The number of nitrogens with zero attached hydrogens (tertiary/aromatic N) is 2. The molecule has 0 saturated heterocycles. The van der Waals surface area contributed by atoms with Crippen LogP contribution < -0.4 is 5.32 Å². The van der Waals surface area contributed by atoms with E-state index < -0.39 is 5.54 Å². The van der Waals surface area contributed by atoms with Crippen molar-refractivity contribution in [3.8, 4) is 0 Å². The number of aryl methyl sites for hydroxylation is 1. The van der Waals surface area contributed by atoms with Crippen molar-refractivity contribution in [2.45, 2.75) is 38.1 Å². The topological polar surface area (TPSA) is 83.8 Å². The minimum atomic E-state index is -0.522. The number of rotatable bonds is 3. The van der Waals surface area contributed by atoms with Crippen LogP contribution in [-0.2, 0) is 5.54 Å². The summed E-state index contributed by atoms with van der Waals surface area (Å²) in [4.78, 5) is 20.2. The molecule has 1 aliphatic rings. The number of hydrogen-bond donors (Lipinski definition) is 2. The number of benzene rings is 1. The lowest BCUT2D eigenvalue weighted by molar-refractivity contribution is 0.0887. The van der Waals surface area contributed by atoms with E-state index in [0.29, 0.717) is 17.4 Å². The fraction of sp³-hybridized carbons (Fsp3) is 0.353. The van der Waals surface area contributed by atoms with E-state index in [1.165, 1.54) is 0 Å². The third-order valence-electron chi connectivity index (χ3n) is 4.54. The molecule has 118 valence electrons. The lowest BCUT2D eigenvalue weighted by Gasteiger charge is -2.26. The first-order valence-corrected chi connectivity index (χ1v) is 7.87. The largest absolute Gasteiger partial charge is 0.351 e. The van der Waals surface area contributed by atoms with E-state index in [-0.39, 0.29) is 5.91 Å². The monoisotopic (exact) mass is 310 g/mol. The summed E-state index contributed by atoms with van der Waals surface area (Å²) in [5.41, 5.74) is 0.984. The maximum atomic E-state index is 12.7. The zero-order chi connectivity index (χ0) is 15.9. The summed E-state index contributed by atoms with van der Waals surface area (Å²) >= 11 is 0. The third-order valence-corrected chi connectivity index (χ3v) is 4.54. The summed E-state index contributed by atoms with van der Waals surface area (Å²) in [5, 5.41) is 8.21. The normalized spacial score (nSPS) is 16.7. The van der Waals surface area contributed by atoms with E-state index in [9.17, 15) is 4.79 Å². The molecule has 0 aliphatic heterocycles. The molecule has 0 spiro atoms. The number of carbonyl (C=O) groups is 1. The molecule has 0 atom stereocenters. The number of para-hydroxylation sites is 1. The maximum absolute atomic E-state index is 12.7. The van der Waals surface area contributed by atoms with Crippen molar-refractivity contribution in [2.24, 2.45) is 0 Å². The van der Waals surface area contributed by atoms with Crippen LogP contribution in [0.15, 0.2) is 34.9 Å². The second-order valence-electron chi connectivity index (χ2n) is 6.15. The molecule has 1 aromatic carbocycles. The highest BCUT2D eigenvalue weighted by Crippen LogP contribution is 2.37. The van der Waals surface area contributed by atoms with Crippen molar-refractivity contribution in [1.82, 2.24) is 20.4 Å². The highest BCUT2D eigenvalue weighted by Gasteiger charge is 2.41. The van der Waals surface area contributed by atoms with Gasteiger partial charge in [-0.05, 0) is 25.0 Å². The molecule has 1 fully saturated rings. The Morgan fingerprint density at radius 3 is 2.78 bits per heavy atom. The summed E-state index contributed by atoms with van der Waals surface area (Å²) in [6.07, 6.45) is 3.75. The Bertz CT molecular complexity index is 825. The summed E-state index contributed by atoms with van der Waals surface area (Å²) in [7, 11) is 0. The molecule has 2 aromatic heterocycles. The molecule has 3 aromatic rings. The van der Waals surface area contributed by atoms with Gasteiger partial charge in [0.2, 0.25) is 5.89 Å². The molecule has 1 amide bonds. The van der Waals surface area contributed by atoms with Gasteiger partial charge in [0, 0.05) is 17.8 Å². The number of nitrogens with one attached hydrogen (secondary N) is 2. The molecule has 23 heavy (non-hydrogen) atoms. The molecule has 2 heterocycles. The third kappa shape index (κ3) is 2.40. The second kappa shape index (κ2) is 5.22. The van der Waals surface area contributed by atoms with Crippen LogP contribution in [0.25, 0.3) is 10.9 Å². The van der Waals surface area contributed by atoms with E-state index in [1.54, 1.807) is 6.92 Å². The van der Waals surface area contributed by atoms with Crippen LogP contribution in [0.4, 0.5) is 0 Å². The van der Waals surface area contributed by atoms with E-state index in [2.05, 4.69) is 20.4 Å². The van der Waals surface area contributed by atoms with Gasteiger partial charge in [-0.2, -0.15) is 4.98 Å². The number of amides is 1. The Morgan fingerprint density at radius 2 is 2.09 bits per heavy atom. The molecule has 1 aliphatic carbocycles. The van der Waals surface area contributed by atoms with E-state index in [0.717, 1.165) is 36.6 Å². The van der Waals surface area contributed by atoms with Crippen molar-refractivity contribution in [3.05, 3.63) is 47.7 Å². The van der Waals surface area contributed by atoms with Crippen LogP contribution >= 0.6 is 0 Å². The lowest BCUT2D eigenvalue weighted by atomic mass is 9.96. The van der Waals surface area contributed by atoms with Crippen molar-refractivity contribution in [1.29, 1.82) is 0 Å². The van der Waals surface area contributed by atoms with E-state index in [4.69, 9.17) is 4.52 Å². The van der Waals surface area contributed by atoms with Crippen LogP contribution in [0, 0.1) is 6.92 Å². The van der Waals surface area contributed by atoms with Gasteiger partial charge in [0.15, 0.2) is 5.82 Å². The SMILES string of the molecule is Cc1nc(C2(NC(=O)c3cc4ccccc4[nH]3)CCCC2)no1. The van der Waals surface area contributed by atoms with Gasteiger partial charge in [0.1, 0.15) is 11.2 Å². The Kier molecular flexibility index (Phi) is 3.18. The minimum Gasteiger partial charge on any atom is -0.351 e. The van der Waals surface area contributed by atoms with Crippen LogP contribution in [-0.4, -0.2) is 21.0 Å². The summed E-state index contributed by atoms with van der Waals surface area (Å²) in [6, 6.07) is 9.71. The predicted octanol–water partition coefficient (Wildman–Crippen LogP) is 3.06. The van der Waals surface area contributed by atoms with Crippen LogP contribution in [0.2, 0.25) is 0 Å². The molecule has 0 radical (unpaired) electrons. The molecule has 0 unspecified atom stereocenters. The Balaban J connectivity index is 1.65. The molecular weight excluding hydrogens is 292 g/mol. The zero-order valence-electron chi connectivity index (χ0n) is 12.9. The number of aromatic nitrogens is 3. The molecule has 2 N–H and O–H groups in total. The first-order chi connectivity index (χ1) is 11.2. The van der Waals surface area contributed by atoms with Gasteiger partial charge in [-0.15, -0.1) is 0 Å². The average molecular weight is 310 g/mol. The van der Waals surface area contributed by atoms with Crippen LogP contribution in [0.5, 0.6) is 0 Å². The van der Waals surface area contributed by atoms with Crippen molar-refractivity contribution in [3.63, 3.8) is 0 Å². The Labute approximate surface area is 133 Å². The number of H-pyrrole nitrogens is 1. The molecule has 4 rings (SSSR count). The maximum Gasteiger partial charge on any atom is 0.268 e. The summed E-state index contributed by atoms with van der Waals surface area (Å²) < 4.78 is 5.12. The van der Waals surface area contributed by atoms with Gasteiger partial charge >= 0.3 is 0 Å². The number of aromatic amines is 1. The zero-order valence-corrected chi connectivity index (χ0v) is 12.9. The fourth-order valence-corrected chi connectivity index (χ4v) is 3.36. The fourth-order valence-electron chi connectivity index (χ4n) is 3.36. The van der Waals surface area contributed by atoms with Crippen molar-refractivity contribution in [2.75, 3.05) is 0 Å². The van der Waals surface area contributed by atoms with E-state index >= 15 is 0 Å². The smallest absolute Gasteiger partial charge is 0.268 e. The number of carbonyl (C=O) groups excluding carboxylic acids is 1.